The van der Waals surface area contributed by atoms with Crippen LogP contribution in [-0.4, -0.2) is 27.4 Å². The van der Waals surface area contributed by atoms with E-state index in [0.717, 1.165) is 17.0 Å². The van der Waals surface area contributed by atoms with E-state index in [2.05, 4.69) is 15.3 Å². The zero-order valence-electron chi connectivity index (χ0n) is 13.9. The Morgan fingerprint density at radius 3 is 2.38 bits per heavy atom. The zero-order chi connectivity index (χ0) is 17.9. The molecule has 0 atom stereocenters. The molecule has 0 aliphatic carbocycles. The van der Waals surface area contributed by atoms with Gasteiger partial charge in [0.25, 0.3) is 5.91 Å². The molecule has 0 aliphatic rings. The van der Waals surface area contributed by atoms with Crippen molar-refractivity contribution in [3.05, 3.63) is 50.8 Å². The molecule has 0 aliphatic heterocycles. The van der Waals surface area contributed by atoms with Crippen LogP contribution in [0.2, 0.25) is 0 Å². The molecule has 2 rings (SSSR count). The third-order valence-corrected chi connectivity index (χ3v) is 3.18. The standard InChI is InChI=1S/C16H18N4O4/c1-9-5-10(2)15(13(6-9)20(22)23)24-8-14(21)19-16-17-11(3)7-12(4)18-16/h5-7H,8H2,1-4H3,(H,17,18,19,21). The Labute approximate surface area is 139 Å². The fraction of sp³-hybridized carbons (Fsp3) is 0.312. The molecule has 24 heavy (non-hydrogen) atoms. The van der Waals surface area contributed by atoms with Crippen molar-refractivity contribution in [2.45, 2.75) is 27.7 Å². The molecule has 126 valence electrons. The van der Waals surface area contributed by atoms with Gasteiger partial charge in [0.15, 0.2) is 6.61 Å². The number of nitrogens with one attached hydrogen (secondary N) is 1. The summed E-state index contributed by atoms with van der Waals surface area (Å²) < 4.78 is 5.37. The van der Waals surface area contributed by atoms with Crippen molar-refractivity contribution in [3.63, 3.8) is 0 Å². The van der Waals surface area contributed by atoms with Gasteiger partial charge in [0.2, 0.25) is 11.7 Å². The minimum absolute atomic E-state index is 0.0853. The van der Waals surface area contributed by atoms with Gasteiger partial charge in [0, 0.05) is 17.5 Å². The third-order valence-electron chi connectivity index (χ3n) is 3.18. The van der Waals surface area contributed by atoms with Crippen molar-refractivity contribution < 1.29 is 14.5 Å². The largest absolute Gasteiger partial charge is 0.477 e. The van der Waals surface area contributed by atoms with Crippen molar-refractivity contribution in [1.82, 2.24) is 9.97 Å². The van der Waals surface area contributed by atoms with E-state index in [4.69, 9.17) is 4.74 Å². The first kappa shape index (κ1) is 17.3. The SMILES string of the molecule is Cc1cc(C)c(OCC(=O)Nc2nc(C)cc(C)n2)c([N+](=O)[O-])c1. The van der Waals surface area contributed by atoms with Gasteiger partial charge in [0.05, 0.1) is 4.92 Å². The number of aromatic nitrogens is 2. The lowest BCUT2D eigenvalue weighted by molar-refractivity contribution is -0.385. The number of hydrogen-bond donors (Lipinski definition) is 1. The minimum atomic E-state index is -0.528. The van der Waals surface area contributed by atoms with Crippen molar-refractivity contribution in [2.24, 2.45) is 0 Å². The Bertz CT molecular complexity index is 785. The number of carbonyl (C=O) groups is 1. The average Bonchev–Trinajstić information content (AvgIpc) is 2.44. The summed E-state index contributed by atoms with van der Waals surface area (Å²) in [5.41, 5.74) is 2.63. The molecule has 0 unspecified atom stereocenters. The van der Waals surface area contributed by atoms with Crippen LogP contribution in [0.1, 0.15) is 22.5 Å². The topological polar surface area (TPSA) is 107 Å². The smallest absolute Gasteiger partial charge is 0.311 e. The van der Waals surface area contributed by atoms with Crippen LogP contribution in [-0.2, 0) is 4.79 Å². The maximum absolute atomic E-state index is 12.0. The monoisotopic (exact) mass is 330 g/mol. The van der Waals surface area contributed by atoms with Gasteiger partial charge in [-0.05, 0) is 44.9 Å². The molecule has 8 heteroatoms. The normalized spacial score (nSPS) is 10.3. The molecular weight excluding hydrogens is 312 g/mol. The Morgan fingerprint density at radius 2 is 1.79 bits per heavy atom. The number of rotatable bonds is 5. The first-order chi connectivity index (χ1) is 11.3. The lowest BCUT2D eigenvalue weighted by Crippen LogP contribution is -2.22. The van der Waals surface area contributed by atoms with Gasteiger partial charge < -0.3 is 4.74 Å². The molecule has 0 spiro atoms. The maximum atomic E-state index is 12.0. The van der Waals surface area contributed by atoms with E-state index >= 15 is 0 Å². The molecule has 1 amide bonds. The molecule has 1 aromatic carbocycles. The van der Waals surface area contributed by atoms with Gasteiger partial charge in [0.1, 0.15) is 0 Å². The lowest BCUT2D eigenvalue weighted by Gasteiger charge is -2.10. The van der Waals surface area contributed by atoms with Gasteiger partial charge >= 0.3 is 5.69 Å². The highest BCUT2D eigenvalue weighted by Crippen LogP contribution is 2.31. The number of hydrogen-bond acceptors (Lipinski definition) is 6. The van der Waals surface area contributed by atoms with Crippen molar-refractivity contribution in [2.75, 3.05) is 11.9 Å². The van der Waals surface area contributed by atoms with Gasteiger partial charge in [-0.25, -0.2) is 9.97 Å². The van der Waals surface area contributed by atoms with Crippen molar-refractivity contribution in [3.8, 4) is 5.75 Å². The Kier molecular flexibility index (Phi) is 5.08. The van der Waals surface area contributed by atoms with Crippen molar-refractivity contribution in [1.29, 1.82) is 0 Å². The van der Waals surface area contributed by atoms with E-state index in [-0.39, 0.29) is 24.0 Å². The van der Waals surface area contributed by atoms with Crippen LogP contribution in [0.3, 0.4) is 0 Å². The molecule has 1 aromatic heterocycles. The quantitative estimate of drug-likeness (QED) is 0.667. The molecule has 0 saturated carbocycles. The molecule has 0 bridgehead atoms. The first-order valence-corrected chi connectivity index (χ1v) is 7.27. The number of anilines is 1. The predicted octanol–water partition coefficient (Wildman–Crippen LogP) is 2.64. The minimum Gasteiger partial charge on any atom is -0.477 e. The van der Waals surface area contributed by atoms with Crippen LogP contribution in [0.4, 0.5) is 11.6 Å². The van der Waals surface area contributed by atoms with Gasteiger partial charge in [-0.2, -0.15) is 0 Å². The number of ether oxygens (including phenoxy) is 1. The van der Waals surface area contributed by atoms with E-state index in [1.807, 2.05) is 0 Å². The van der Waals surface area contributed by atoms with Crippen LogP contribution in [0.15, 0.2) is 18.2 Å². The van der Waals surface area contributed by atoms with Crippen LogP contribution in [0.25, 0.3) is 0 Å². The van der Waals surface area contributed by atoms with Crippen molar-refractivity contribution >= 4 is 17.5 Å². The first-order valence-electron chi connectivity index (χ1n) is 7.27. The second kappa shape index (κ2) is 7.03. The third kappa shape index (κ3) is 4.25. The second-order valence-electron chi connectivity index (χ2n) is 5.50. The maximum Gasteiger partial charge on any atom is 0.311 e. The fourth-order valence-corrected chi connectivity index (χ4v) is 2.34. The highest BCUT2D eigenvalue weighted by molar-refractivity contribution is 5.90. The van der Waals surface area contributed by atoms with Gasteiger partial charge in [-0.1, -0.05) is 6.07 Å². The van der Waals surface area contributed by atoms with Gasteiger partial charge in [-0.15, -0.1) is 0 Å². The highest BCUT2D eigenvalue weighted by atomic mass is 16.6. The molecular formula is C16H18N4O4. The van der Waals surface area contributed by atoms with E-state index < -0.39 is 10.8 Å². The van der Waals surface area contributed by atoms with Crippen LogP contribution in [0.5, 0.6) is 5.75 Å². The second-order valence-corrected chi connectivity index (χ2v) is 5.50. The summed E-state index contributed by atoms with van der Waals surface area (Å²) in [6.07, 6.45) is 0. The molecule has 0 fully saturated rings. The zero-order valence-corrected chi connectivity index (χ0v) is 13.9. The number of benzene rings is 1. The Balaban J connectivity index is 2.10. The summed E-state index contributed by atoms with van der Waals surface area (Å²) in [6, 6.07) is 4.95. The molecule has 0 saturated heterocycles. The molecule has 0 radical (unpaired) electrons. The molecule has 1 N–H and O–H groups in total. The van der Waals surface area contributed by atoms with Crippen LogP contribution in [0, 0.1) is 37.8 Å². The van der Waals surface area contributed by atoms with Gasteiger partial charge in [-0.3, -0.25) is 20.2 Å². The van der Waals surface area contributed by atoms with Crippen LogP contribution >= 0.6 is 0 Å². The van der Waals surface area contributed by atoms with E-state index in [1.165, 1.54) is 6.07 Å². The average molecular weight is 330 g/mol. The summed E-state index contributed by atoms with van der Waals surface area (Å²) >= 11 is 0. The lowest BCUT2D eigenvalue weighted by atomic mass is 10.1. The molecule has 1 heterocycles. The van der Waals surface area contributed by atoms with E-state index in [0.29, 0.717) is 5.56 Å². The van der Waals surface area contributed by atoms with E-state index in [9.17, 15) is 14.9 Å². The van der Waals surface area contributed by atoms with E-state index in [1.54, 1.807) is 39.8 Å². The number of aryl methyl sites for hydroxylation is 4. The Morgan fingerprint density at radius 1 is 1.17 bits per heavy atom. The summed E-state index contributed by atoms with van der Waals surface area (Å²) in [7, 11) is 0. The summed E-state index contributed by atoms with van der Waals surface area (Å²) in [5.74, 6) is -0.229. The summed E-state index contributed by atoms with van der Waals surface area (Å²) in [6.45, 7) is 6.66. The number of nitrogens with zero attached hydrogens (tertiary/aromatic N) is 3. The summed E-state index contributed by atoms with van der Waals surface area (Å²) in [5, 5.41) is 13.7. The van der Waals surface area contributed by atoms with Crippen LogP contribution < -0.4 is 10.1 Å². The highest BCUT2D eigenvalue weighted by Gasteiger charge is 2.19. The number of nitro benzene ring substituents is 1. The fourth-order valence-electron chi connectivity index (χ4n) is 2.34. The molecule has 2 aromatic rings. The summed E-state index contributed by atoms with van der Waals surface area (Å²) in [4.78, 5) is 30.8. The number of amides is 1. The Hall–Kier alpha value is -3.03. The number of nitro groups is 1. The molecule has 8 nitrogen and oxygen atoms in total. The number of carbonyl (C=O) groups excluding carboxylic acids is 1. The predicted molar refractivity (Wildman–Crippen MR) is 88.2 cm³/mol.